The van der Waals surface area contributed by atoms with Crippen molar-refractivity contribution in [3.63, 3.8) is 0 Å². The fourth-order valence-corrected chi connectivity index (χ4v) is 5.40. The monoisotopic (exact) mass is 582 g/mol. The number of hydrogen-bond acceptors (Lipinski definition) is 4. The average Bonchev–Trinajstić information content (AvgIpc) is 2.93. The van der Waals surface area contributed by atoms with Crippen molar-refractivity contribution in [2.24, 2.45) is 5.92 Å². The largest absolute Gasteiger partial charge is 0.354 e. The first kappa shape index (κ1) is 31.8. The summed E-state index contributed by atoms with van der Waals surface area (Å²) in [7, 11) is -1.64. The number of para-hydroxylation sites is 1. The summed E-state index contributed by atoms with van der Waals surface area (Å²) in [5.74, 6) is -1.59. The first-order valence-corrected chi connectivity index (χ1v) is 14.9. The summed E-state index contributed by atoms with van der Waals surface area (Å²) in [6.07, 6.45) is 0.211. The van der Waals surface area contributed by atoms with Crippen LogP contribution in [0.1, 0.15) is 30.5 Å². The van der Waals surface area contributed by atoms with E-state index >= 15 is 0 Å². The van der Waals surface area contributed by atoms with Crippen LogP contribution in [0.5, 0.6) is 0 Å². The minimum atomic E-state index is -4.27. The molecule has 3 aromatic carbocycles. The summed E-state index contributed by atoms with van der Waals surface area (Å²) >= 11 is 0. The Kier molecular flexibility index (Phi) is 11.0. The molecule has 0 radical (unpaired) electrons. The Morgan fingerprint density at radius 3 is 2.15 bits per heavy atom. The lowest BCUT2D eigenvalue weighted by molar-refractivity contribution is -0.140. The van der Waals surface area contributed by atoms with Gasteiger partial charge in [-0.25, -0.2) is 8.70 Å². The molecule has 0 fully saturated rings. The number of rotatable bonds is 13. The summed E-state index contributed by atoms with van der Waals surface area (Å²) < 4.78 is 43.3. The fraction of sp³-hybridized carbons (Fsp3) is 0.355. The van der Waals surface area contributed by atoms with Crippen LogP contribution in [0.4, 0.5) is 10.1 Å². The van der Waals surface area contributed by atoms with Gasteiger partial charge in [0, 0.05) is 33.6 Å². The highest BCUT2D eigenvalue weighted by atomic mass is 32.2. The number of nitrogens with zero attached hydrogens (tertiary/aromatic N) is 3. The number of carbonyl (C=O) groups is 2. The molecule has 1 N–H and O–H groups in total. The standard InChI is InChI=1S/C31H39FN4O4S/c1-23(2)20-33-31(38)29(19-25-13-7-6-8-14-25)35(21-26-15-11-12-24(3)18-26)30(37)22-36(41(39,40)34(4)5)28-17-10-9-16-27(28)32/h6-18,23,29H,19-22H2,1-5H3,(H,33,38). The molecule has 0 saturated heterocycles. The van der Waals surface area contributed by atoms with Gasteiger partial charge in [-0.3, -0.25) is 9.59 Å². The van der Waals surface area contributed by atoms with Crippen LogP contribution in [0.15, 0.2) is 78.9 Å². The zero-order valence-electron chi connectivity index (χ0n) is 24.2. The number of aryl methyl sites for hydroxylation is 1. The quantitative estimate of drug-likeness (QED) is 0.328. The van der Waals surface area contributed by atoms with E-state index in [2.05, 4.69) is 5.32 Å². The molecule has 0 aliphatic heterocycles. The van der Waals surface area contributed by atoms with Crippen LogP contribution in [0.2, 0.25) is 0 Å². The smallest absolute Gasteiger partial charge is 0.304 e. The van der Waals surface area contributed by atoms with E-state index in [1.54, 1.807) is 0 Å². The maximum absolute atomic E-state index is 14.9. The molecule has 3 aromatic rings. The van der Waals surface area contributed by atoms with Gasteiger partial charge in [-0.05, 0) is 36.1 Å². The van der Waals surface area contributed by atoms with Crippen molar-refractivity contribution in [2.75, 3.05) is 31.5 Å². The number of anilines is 1. The molecule has 0 aliphatic rings. The third-order valence-electron chi connectivity index (χ3n) is 6.53. The molecule has 10 heteroatoms. The Morgan fingerprint density at radius 2 is 1.54 bits per heavy atom. The second-order valence-electron chi connectivity index (χ2n) is 10.6. The summed E-state index contributed by atoms with van der Waals surface area (Å²) in [6.45, 7) is 5.64. The molecule has 0 spiro atoms. The van der Waals surface area contributed by atoms with Crippen molar-refractivity contribution >= 4 is 27.7 Å². The van der Waals surface area contributed by atoms with Crippen molar-refractivity contribution in [2.45, 2.75) is 39.8 Å². The Bertz CT molecular complexity index is 1430. The van der Waals surface area contributed by atoms with E-state index in [9.17, 15) is 22.4 Å². The molecule has 0 aromatic heterocycles. The van der Waals surface area contributed by atoms with Crippen LogP contribution in [0, 0.1) is 18.7 Å². The number of hydrogen-bond donors (Lipinski definition) is 1. The minimum absolute atomic E-state index is 0.0558. The summed E-state index contributed by atoms with van der Waals surface area (Å²) in [6, 6.07) is 21.3. The molecule has 0 heterocycles. The topological polar surface area (TPSA) is 90.0 Å². The van der Waals surface area contributed by atoms with Crippen LogP contribution in [0.25, 0.3) is 0 Å². The van der Waals surface area contributed by atoms with Gasteiger partial charge in [-0.15, -0.1) is 0 Å². The van der Waals surface area contributed by atoms with E-state index in [1.807, 2.05) is 75.4 Å². The first-order chi connectivity index (χ1) is 19.4. The van der Waals surface area contributed by atoms with E-state index in [0.29, 0.717) is 6.54 Å². The van der Waals surface area contributed by atoms with E-state index in [-0.39, 0.29) is 30.5 Å². The molecule has 3 rings (SSSR count). The molecule has 0 bridgehead atoms. The number of carbonyl (C=O) groups excluding carboxylic acids is 2. The SMILES string of the molecule is Cc1cccc(CN(C(=O)CN(c2ccccc2F)S(=O)(=O)N(C)C)C(Cc2ccccc2)C(=O)NCC(C)C)c1. The van der Waals surface area contributed by atoms with Gasteiger partial charge in [0.2, 0.25) is 11.8 Å². The van der Waals surface area contributed by atoms with Crippen LogP contribution in [-0.2, 0) is 32.8 Å². The lowest BCUT2D eigenvalue weighted by Crippen LogP contribution is -2.54. The van der Waals surface area contributed by atoms with Crippen LogP contribution in [-0.4, -0.2) is 62.7 Å². The molecule has 2 amide bonds. The molecule has 220 valence electrons. The van der Waals surface area contributed by atoms with Crippen molar-refractivity contribution < 1.29 is 22.4 Å². The van der Waals surface area contributed by atoms with Crippen molar-refractivity contribution in [3.8, 4) is 0 Å². The predicted molar refractivity (Wildman–Crippen MR) is 160 cm³/mol. The van der Waals surface area contributed by atoms with Gasteiger partial charge in [-0.1, -0.05) is 86.1 Å². The highest BCUT2D eigenvalue weighted by Crippen LogP contribution is 2.24. The van der Waals surface area contributed by atoms with Gasteiger partial charge in [0.15, 0.2) is 0 Å². The number of halogens is 1. The Hall–Kier alpha value is -3.76. The summed E-state index contributed by atoms with van der Waals surface area (Å²) in [5.41, 5.74) is 2.34. The average molecular weight is 583 g/mol. The van der Waals surface area contributed by atoms with E-state index < -0.39 is 34.5 Å². The van der Waals surface area contributed by atoms with Gasteiger partial charge in [0.05, 0.1) is 5.69 Å². The van der Waals surface area contributed by atoms with Gasteiger partial charge in [0.1, 0.15) is 18.4 Å². The highest BCUT2D eigenvalue weighted by Gasteiger charge is 2.35. The second-order valence-corrected chi connectivity index (χ2v) is 12.7. The van der Waals surface area contributed by atoms with E-state index in [4.69, 9.17) is 0 Å². The molecular weight excluding hydrogens is 543 g/mol. The summed E-state index contributed by atoms with van der Waals surface area (Å²) in [5, 5.41) is 2.94. The summed E-state index contributed by atoms with van der Waals surface area (Å²) in [4.78, 5) is 29.2. The zero-order valence-corrected chi connectivity index (χ0v) is 25.1. The van der Waals surface area contributed by atoms with Crippen molar-refractivity contribution in [3.05, 3.63) is 101 Å². The lowest BCUT2D eigenvalue weighted by Gasteiger charge is -2.34. The van der Waals surface area contributed by atoms with Crippen LogP contribution in [0.3, 0.4) is 0 Å². The maximum atomic E-state index is 14.9. The van der Waals surface area contributed by atoms with Gasteiger partial charge in [0.25, 0.3) is 0 Å². The fourth-order valence-electron chi connectivity index (χ4n) is 4.34. The molecule has 0 saturated carbocycles. The van der Waals surface area contributed by atoms with Crippen molar-refractivity contribution in [1.29, 1.82) is 0 Å². The van der Waals surface area contributed by atoms with Gasteiger partial charge >= 0.3 is 10.2 Å². The Balaban J connectivity index is 2.10. The molecule has 41 heavy (non-hydrogen) atoms. The molecule has 1 atom stereocenters. The van der Waals surface area contributed by atoms with E-state index in [0.717, 1.165) is 31.4 Å². The number of amides is 2. The third kappa shape index (κ3) is 8.61. The van der Waals surface area contributed by atoms with Gasteiger partial charge in [-0.2, -0.15) is 12.7 Å². The maximum Gasteiger partial charge on any atom is 0.304 e. The van der Waals surface area contributed by atoms with Crippen molar-refractivity contribution in [1.82, 2.24) is 14.5 Å². The number of nitrogens with one attached hydrogen (secondary N) is 1. The predicted octanol–water partition coefficient (Wildman–Crippen LogP) is 4.16. The molecule has 0 aliphatic carbocycles. The van der Waals surface area contributed by atoms with Crippen LogP contribution < -0.4 is 9.62 Å². The number of benzene rings is 3. The normalized spacial score (nSPS) is 12.3. The van der Waals surface area contributed by atoms with Crippen LogP contribution >= 0.6 is 0 Å². The molecule has 1 unspecified atom stereocenters. The Morgan fingerprint density at radius 1 is 0.902 bits per heavy atom. The molecule has 8 nitrogen and oxygen atoms in total. The minimum Gasteiger partial charge on any atom is -0.354 e. The highest BCUT2D eigenvalue weighted by molar-refractivity contribution is 7.90. The molecular formula is C31H39FN4O4S. The lowest BCUT2D eigenvalue weighted by atomic mass is 10.0. The second kappa shape index (κ2) is 14.2. The third-order valence-corrected chi connectivity index (χ3v) is 8.34. The Labute approximate surface area is 243 Å². The van der Waals surface area contributed by atoms with Gasteiger partial charge < -0.3 is 10.2 Å². The zero-order chi connectivity index (χ0) is 30.2. The van der Waals surface area contributed by atoms with E-state index in [1.165, 1.54) is 37.2 Å². The first-order valence-electron chi connectivity index (χ1n) is 13.5.